The fourth-order valence-electron chi connectivity index (χ4n) is 3.42. The minimum Gasteiger partial charge on any atom is -0.444 e. The van der Waals surface area contributed by atoms with Crippen molar-refractivity contribution in [1.29, 1.82) is 0 Å². The molecule has 34 heavy (non-hydrogen) atoms. The number of nitrogens with zero attached hydrogens (tertiary/aromatic N) is 2. The van der Waals surface area contributed by atoms with Crippen molar-refractivity contribution in [3.05, 3.63) is 100.0 Å². The molecule has 0 aliphatic heterocycles. The van der Waals surface area contributed by atoms with E-state index in [9.17, 15) is 14.4 Å². The van der Waals surface area contributed by atoms with Gasteiger partial charge in [0, 0.05) is 18.4 Å². The second-order valence-corrected chi connectivity index (χ2v) is 8.95. The van der Waals surface area contributed by atoms with Gasteiger partial charge in [-0.1, -0.05) is 48.5 Å². The first-order chi connectivity index (χ1) is 16.2. The number of carbonyl (C=O) groups excluding carboxylic acids is 2. The van der Waals surface area contributed by atoms with E-state index in [1.165, 1.54) is 10.6 Å². The summed E-state index contributed by atoms with van der Waals surface area (Å²) in [5.74, 6) is -0.500. The number of hydrogen-bond donors (Lipinski definition) is 1. The van der Waals surface area contributed by atoms with Crippen LogP contribution in [0.1, 0.15) is 49.2 Å². The highest BCUT2D eigenvalue weighted by atomic mass is 16.6. The predicted molar refractivity (Wildman–Crippen MR) is 133 cm³/mol. The number of ether oxygens (including phenoxy) is 1. The van der Waals surface area contributed by atoms with Crippen LogP contribution in [0.3, 0.4) is 0 Å². The van der Waals surface area contributed by atoms with Crippen LogP contribution in [0.25, 0.3) is 0 Å². The standard InChI is InChI=1S/C27H31N3O4/c1-5-29(26(33)34-27(2,3)4)19-21-14-9-10-16-23(21)28-24(31)22-15-11-17-30(25(22)32)18-20-12-7-6-8-13-20/h6-17H,5,18-19H2,1-4H3,(H,28,31). The molecule has 0 bridgehead atoms. The van der Waals surface area contributed by atoms with Crippen LogP contribution in [0.2, 0.25) is 0 Å². The average Bonchev–Trinajstić information content (AvgIpc) is 2.79. The summed E-state index contributed by atoms with van der Waals surface area (Å²) in [5.41, 5.74) is 1.31. The minimum atomic E-state index is -0.606. The molecule has 2 aromatic carbocycles. The lowest BCUT2D eigenvalue weighted by Crippen LogP contribution is -2.36. The molecule has 1 heterocycles. The van der Waals surface area contributed by atoms with Crippen LogP contribution in [0.15, 0.2) is 77.7 Å². The number of para-hydroxylation sites is 1. The fraction of sp³-hybridized carbons (Fsp3) is 0.296. The molecule has 3 aromatic rings. The summed E-state index contributed by atoms with van der Waals surface area (Å²) in [6, 6.07) is 20.0. The Morgan fingerprint density at radius 3 is 2.32 bits per heavy atom. The fourth-order valence-corrected chi connectivity index (χ4v) is 3.42. The van der Waals surface area contributed by atoms with Gasteiger partial charge in [0.15, 0.2) is 0 Å². The highest BCUT2D eigenvalue weighted by Crippen LogP contribution is 2.20. The first kappa shape index (κ1) is 24.8. The van der Waals surface area contributed by atoms with E-state index in [0.29, 0.717) is 18.8 Å². The van der Waals surface area contributed by atoms with Gasteiger partial charge in [0.25, 0.3) is 11.5 Å². The highest BCUT2D eigenvalue weighted by molar-refractivity contribution is 6.04. The summed E-state index contributed by atoms with van der Waals surface area (Å²) in [7, 11) is 0. The molecule has 1 aromatic heterocycles. The summed E-state index contributed by atoms with van der Waals surface area (Å²) in [6.07, 6.45) is 1.24. The Morgan fingerprint density at radius 1 is 0.971 bits per heavy atom. The van der Waals surface area contributed by atoms with Gasteiger partial charge in [-0.2, -0.15) is 0 Å². The van der Waals surface area contributed by atoms with Crippen molar-refractivity contribution < 1.29 is 14.3 Å². The quantitative estimate of drug-likeness (QED) is 0.542. The largest absolute Gasteiger partial charge is 0.444 e. The number of rotatable bonds is 7. The zero-order chi connectivity index (χ0) is 24.7. The number of amides is 2. The molecular formula is C27H31N3O4. The van der Waals surface area contributed by atoms with Crippen molar-refractivity contribution in [2.45, 2.75) is 46.4 Å². The molecule has 7 heteroatoms. The van der Waals surface area contributed by atoms with Gasteiger partial charge < -0.3 is 19.5 Å². The number of hydrogen-bond acceptors (Lipinski definition) is 4. The van der Waals surface area contributed by atoms with E-state index in [0.717, 1.165) is 11.1 Å². The monoisotopic (exact) mass is 461 g/mol. The lowest BCUT2D eigenvalue weighted by Gasteiger charge is -2.27. The van der Waals surface area contributed by atoms with Gasteiger partial charge in [-0.15, -0.1) is 0 Å². The van der Waals surface area contributed by atoms with E-state index in [2.05, 4.69) is 5.32 Å². The van der Waals surface area contributed by atoms with E-state index < -0.39 is 17.6 Å². The van der Waals surface area contributed by atoms with Gasteiger partial charge in [-0.05, 0) is 57.0 Å². The maximum absolute atomic E-state index is 13.0. The molecule has 0 aliphatic rings. The third kappa shape index (κ3) is 6.57. The molecule has 0 fully saturated rings. The van der Waals surface area contributed by atoms with Gasteiger partial charge in [0.1, 0.15) is 11.2 Å². The summed E-state index contributed by atoms with van der Waals surface area (Å²) < 4.78 is 7.00. The van der Waals surface area contributed by atoms with Gasteiger partial charge in [-0.25, -0.2) is 4.79 Å². The van der Waals surface area contributed by atoms with Crippen molar-refractivity contribution in [3.8, 4) is 0 Å². The molecular weight excluding hydrogens is 430 g/mol. The third-order valence-corrected chi connectivity index (χ3v) is 5.12. The van der Waals surface area contributed by atoms with Crippen LogP contribution in [-0.2, 0) is 17.8 Å². The molecule has 0 saturated carbocycles. The molecule has 0 unspecified atom stereocenters. The Morgan fingerprint density at radius 2 is 1.65 bits per heavy atom. The second-order valence-electron chi connectivity index (χ2n) is 8.95. The molecule has 1 N–H and O–H groups in total. The van der Waals surface area contributed by atoms with Crippen molar-refractivity contribution >= 4 is 17.7 Å². The summed E-state index contributed by atoms with van der Waals surface area (Å²) in [4.78, 5) is 40.1. The Labute approximate surface area is 200 Å². The van der Waals surface area contributed by atoms with Crippen LogP contribution in [0.5, 0.6) is 0 Å². The van der Waals surface area contributed by atoms with Crippen molar-refractivity contribution in [2.24, 2.45) is 0 Å². The van der Waals surface area contributed by atoms with E-state index in [-0.39, 0.29) is 17.7 Å². The highest BCUT2D eigenvalue weighted by Gasteiger charge is 2.22. The van der Waals surface area contributed by atoms with E-state index in [4.69, 9.17) is 4.74 Å². The molecule has 7 nitrogen and oxygen atoms in total. The van der Waals surface area contributed by atoms with Crippen molar-refractivity contribution in [2.75, 3.05) is 11.9 Å². The normalized spacial score (nSPS) is 11.1. The molecule has 2 amide bonds. The average molecular weight is 462 g/mol. The van der Waals surface area contributed by atoms with Gasteiger partial charge in [0.05, 0.1) is 13.1 Å². The number of benzene rings is 2. The maximum atomic E-state index is 13.0. The van der Waals surface area contributed by atoms with Crippen molar-refractivity contribution in [1.82, 2.24) is 9.47 Å². The number of aromatic nitrogens is 1. The molecule has 0 saturated heterocycles. The first-order valence-electron chi connectivity index (χ1n) is 11.3. The van der Waals surface area contributed by atoms with Crippen LogP contribution in [-0.4, -0.2) is 33.6 Å². The zero-order valence-corrected chi connectivity index (χ0v) is 20.1. The van der Waals surface area contributed by atoms with E-state index in [1.807, 2.05) is 70.2 Å². The summed E-state index contributed by atoms with van der Waals surface area (Å²) in [6.45, 7) is 8.39. The summed E-state index contributed by atoms with van der Waals surface area (Å²) >= 11 is 0. The maximum Gasteiger partial charge on any atom is 0.410 e. The van der Waals surface area contributed by atoms with E-state index >= 15 is 0 Å². The van der Waals surface area contributed by atoms with E-state index in [1.54, 1.807) is 29.3 Å². The summed E-state index contributed by atoms with van der Waals surface area (Å²) in [5, 5.41) is 2.84. The third-order valence-electron chi connectivity index (χ3n) is 5.12. The van der Waals surface area contributed by atoms with Crippen LogP contribution < -0.4 is 10.9 Å². The molecule has 3 rings (SSSR count). The Balaban J connectivity index is 1.79. The van der Waals surface area contributed by atoms with Gasteiger partial charge >= 0.3 is 6.09 Å². The first-order valence-corrected chi connectivity index (χ1v) is 11.3. The molecule has 0 spiro atoms. The Hall–Kier alpha value is -3.87. The molecule has 0 aliphatic carbocycles. The van der Waals surface area contributed by atoms with Crippen molar-refractivity contribution in [3.63, 3.8) is 0 Å². The van der Waals surface area contributed by atoms with Gasteiger partial charge in [-0.3, -0.25) is 9.59 Å². The van der Waals surface area contributed by atoms with Crippen LogP contribution in [0.4, 0.5) is 10.5 Å². The molecule has 0 atom stereocenters. The molecule has 178 valence electrons. The SMILES string of the molecule is CCN(Cc1ccccc1NC(=O)c1cccn(Cc2ccccc2)c1=O)C(=O)OC(C)(C)C. The Bertz CT molecular complexity index is 1200. The number of anilines is 1. The molecule has 0 radical (unpaired) electrons. The predicted octanol–water partition coefficient (Wildman–Crippen LogP) is 4.91. The van der Waals surface area contributed by atoms with Crippen LogP contribution in [0, 0.1) is 0 Å². The second kappa shape index (κ2) is 10.8. The van der Waals surface area contributed by atoms with Crippen LogP contribution >= 0.6 is 0 Å². The number of nitrogens with one attached hydrogen (secondary N) is 1. The number of pyridine rings is 1. The zero-order valence-electron chi connectivity index (χ0n) is 20.1. The smallest absolute Gasteiger partial charge is 0.410 e. The number of carbonyl (C=O) groups is 2. The Kier molecular flexibility index (Phi) is 7.89. The lowest BCUT2D eigenvalue weighted by atomic mass is 10.1. The van der Waals surface area contributed by atoms with Gasteiger partial charge in [0.2, 0.25) is 0 Å². The minimum absolute atomic E-state index is 0.0488. The topological polar surface area (TPSA) is 80.6 Å². The lowest BCUT2D eigenvalue weighted by molar-refractivity contribution is 0.0245.